The number of carbonyl (C=O) groups is 2. The van der Waals surface area contributed by atoms with Gasteiger partial charge in [-0.05, 0) is 18.9 Å². The van der Waals surface area contributed by atoms with E-state index in [0.29, 0.717) is 23.9 Å². The standard InChI is InChI=1S/C16H17N3O5/c20-13(17-8-10-4-3-7-23-10)9-24-16(22)14-11-5-1-2-6-12(11)15(21)19-18-14/h1-2,5-6,10H,3-4,7-9H2,(H,17,20)(H,19,21)/t10-/m1/s1. The zero-order valence-electron chi connectivity index (χ0n) is 12.9. The van der Waals surface area contributed by atoms with Crippen LogP contribution in [0.1, 0.15) is 23.3 Å². The Bertz CT molecular complexity index is 811. The molecule has 126 valence electrons. The molecule has 1 saturated heterocycles. The molecule has 2 aromatic rings. The molecule has 0 saturated carbocycles. The number of H-pyrrole nitrogens is 1. The summed E-state index contributed by atoms with van der Waals surface area (Å²) in [5.41, 5.74) is -0.423. The van der Waals surface area contributed by atoms with Crippen molar-refractivity contribution in [3.05, 3.63) is 40.3 Å². The van der Waals surface area contributed by atoms with E-state index in [0.717, 1.165) is 12.8 Å². The highest BCUT2D eigenvalue weighted by Crippen LogP contribution is 2.13. The van der Waals surface area contributed by atoms with E-state index in [1.807, 2.05) is 0 Å². The van der Waals surface area contributed by atoms with Crippen LogP contribution in [0.2, 0.25) is 0 Å². The lowest BCUT2D eigenvalue weighted by molar-refractivity contribution is -0.124. The maximum Gasteiger partial charge on any atom is 0.359 e. The number of hydrogen-bond donors (Lipinski definition) is 2. The number of nitrogens with one attached hydrogen (secondary N) is 2. The van der Waals surface area contributed by atoms with Gasteiger partial charge < -0.3 is 14.8 Å². The molecule has 0 spiro atoms. The SMILES string of the molecule is O=C(COC(=O)c1n[nH]c(=O)c2ccccc12)NC[C@H]1CCCO1. The Morgan fingerprint density at radius 2 is 2.12 bits per heavy atom. The Labute approximate surface area is 137 Å². The van der Waals surface area contributed by atoms with Gasteiger partial charge in [0.2, 0.25) is 0 Å². The van der Waals surface area contributed by atoms with Gasteiger partial charge in [0.25, 0.3) is 11.5 Å². The second-order valence-corrected chi connectivity index (χ2v) is 5.46. The first-order valence-corrected chi connectivity index (χ1v) is 7.68. The van der Waals surface area contributed by atoms with Gasteiger partial charge in [-0.15, -0.1) is 0 Å². The van der Waals surface area contributed by atoms with Gasteiger partial charge in [-0.3, -0.25) is 9.59 Å². The lowest BCUT2D eigenvalue weighted by atomic mass is 10.1. The van der Waals surface area contributed by atoms with Gasteiger partial charge in [-0.25, -0.2) is 9.89 Å². The number of nitrogens with zero attached hydrogens (tertiary/aromatic N) is 1. The summed E-state index contributed by atoms with van der Waals surface area (Å²) in [6.45, 7) is 0.692. The summed E-state index contributed by atoms with van der Waals surface area (Å²) in [4.78, 5) is 35.5. The molecule has 24 heavy (non-hydrogen) atoms. The Hall–Kier alpha value is -2.74. The van der Waals surface area contributed by atoms with E-state index in [-0.39, 0.29) is 11.8 Å². The molecule has 1 aliphatic heterocycles. The van der Waals surface area contributed by atoms with E-state index in [1.165, 1.54) is 0 Å². The molecule has 0 bridgehead atoms. The van der Waals surface area contributed by atoms with E-state index < -0.39 is 24.0 Å². The van der Waals surface area contributed by atoms with Gasteiger partial charge in [0.15, 0.2) is 12.3 Å². The minimum Gasteiger partial charge on any atom is -0.451 e. The quantitative estimate of drug-likeness (QED) is 0.766. The van der Waals surface area contributed by atoms with Gasteiger partial charge >= 0.3 is 5.97 Å². The van der Waals surface area contributed by atoms with Crippen LogP contribution >= 0.6 is 0 Å². The topological polar surface area (TPSA) is 110 Å². The number of benzene rings is 1. The molecule has 1 aromatic heterocycles. The summed E-state index contributed by atoms with van der Waals surface area (Å²) in [6, 6.07) is 6.56. The Morgan fingerprint density at radius 3 is 2.88 bits per heavy atom. The van der Waals surface area contributed by atoms with Crippen LogP contribution in [0.25, 0.3) is 10.8 Å². The fourth-order valence-electron chi connectivity index (χ4n) is 2.55. The van der Waals surface area contributed by atoms with Gasteiger partial charge in [-0.2, -0.15) is 5.10 Å². The Morgan fingerprint density at radius 1 is 1.33 bits per heavy atom. The van der Waals surface area contributed by atoms with Crippen LogP contribution in [0.3, 0.4) is 0 Å². The highest BCUT2D eigenvalue weighted by molar-refractivity contribution is 6.02. The van der Waals surface area contributed by atoms with Gasteiger partial charge in [0, 0.05) is 18.5 Å². The zero-order valence-corrected chi connectivity index (χ0v) is 12.9. The first kappa shape index (κ1) is 16.1. The van der Waals surface area contributed by atoms with E-state index >= 15 is 0 Å². The minimum absolute atomic E-state index is 0.0226. The van der Waals surface area contributed by atoms with Crippen molar-refractivity contribution in [3.63, 3.8) is 0 Å². The second kappa shape index (κ2) is 7.22. The number of carbonyl (C=O) groups excluding carboxylic acids is 2. The normalized spacial score (nSPS) is 16.9. The highest BCUT2D eigenvalue weighted by atomic mass is 16.5. The minimum atomic E-state index is -0.769. The molecule has 8 heteroatoms. The van der Waals surface area contributed by atoms with Crippen molar-refractivity contribution < 1.29 is 19.1 Å². The summed E-state index contributed by atoms with van der Waals surface area (Å²) < 4.78 is 10.4. The smallest absolute Gasteiger partial charge is 0.359 e. The first-order valence-electron chi connectivity index (χ1n) is 7.68. The van der Waals surface area contributed by atoms with Crippen LogP contribution < -0.4 is 10.9 Å². The molecule has 0 radical (unpaired) electrons. The van der Waals surface area contributed by atoms with Crippen LogP contribution in [0.5, 0.6) is 0 Å². The van der Waals surface area contributed by atoms with E-state index in [4.69, 9.17) is 9.47 Å². The van der Waals surface area contributed by atoms with Crippen molar-refractivity contribution in [1.29, 1.82) is 0 Å². The molecular formula is C16H17N3O5. The molecule has 2 heterocycles. The molecule has 1 amide bonds. The van der Waals surface area contributed by atoms with E-state index in [2.05, 4.69) is 15.5 Å². The Kier molecular flexibility index (Phi) is 4.85. The third kappa shape index (κ3) is 3.60. The summed E-state index contributed by atoms with van der Waals surface area (Å²) >= 11 is 0. The van der Waals surface area contributed by atoms with Crippen molar-refractivity contribution in [3.8, 4) is 0 Å². The number of ether oxygens (including phenoxy) is 2. The third-order valence-electron chi connectivity index (χ3n) is 3.77. The van der Waals surface area contributed by atoms with Crippen LogP contribution in [0.4, 0.5) is 0 Å². The fraction of sp³-hybridized carbons (Fsp3) is 0.375. The predicted octanol–water partition coefficient (Wildman–Crippen LogP) is 0.375. The molecule has 0 aliphatic carbocycles. The summed E-state index contributed by atoms with van der Waals surface area (Å²) in [5.74, 6) is -1.18. The molecule has 1 aliphatic rings. The molecule has 3 rings (SSSR count). The fourth-order valence-corrected chi connectivity index (χ4v) is 2.55. The summed E-state index contributed by atoms with van der Waals surface area (Å²) in [5, 5.41) is 9.35. The largest absolute Gasteiger partial charge is 0.451 e. The lowest BCUT2D eigenvalue weighted by Crippen LogP contribution is -2.35. The monoisotopic (exact) mass is 331 g/mol. The number of fused-ring (bicyclic) bond motifs is 1. The van der Waals surface area contributed by atoms with Crippen LogP contribution in [-0.4, -0.2) is 47.9 Å². The number of esters is 1. The molecule has 1 fully saturated rings. The highest BCUT2D eigenvalue weighted by Gasteiger charge is 2.18. The third-order valence-corrected chi connectivity index (χ3v) is 3.77. The number of hydrogen-bond acceptors (Lipinski definition) is 6. The first-order chi connectivity index (χ1) is 11.6. The number of aromatic nitrogens is 2. The molecule has 2 N–H and O–H groups in total. The summed E-state index contributed by atoms with van der Waals surface area (Å²) in [6.07, 6.45) is 1.92. The van der Waals surface area contributed by atoms with Crippen LogP contribution in [0, 0.1) is 0 Å². The zero-order chi connectivity index (χ0) is 16.9. The lowest BCUT2D eigenvalue weighted by Gasteiger charge is -2.11. The molecular weight excluding hydrogens is 314 g/mol. The number of rotatable bonds is 5. The van der Waals surface area contributed by atoms with Gasteiger partial charge in [-0.1, -0.05) is 18.2 Å². The van der Waals surface area contributed by atoms with Gasteiger partial charge in [0.05, 0.1) is 11.5 Å². The van der Waals surface area contributed by atoms with Crippen molar-refractivity contribution in [2.45, 2.75) is 18.9 Å². The Balaban J connectivity index is 1.60. The number of aromatic amines is 1. The molecule has 8 nitrogen and oxygen atoms in total. The van der Waals surface area contributed by atoms with Gasteiger partial charge in [0.1, 0.15) is 0 Å². The number of amides is 1. The predicted molar refractivity (Wildman–Crippen MR) is 84.6 cm³/mol. The maximum atomic E-state index is 12.1. The average molecular weight is 331 g/mol. The summed E-state index contributed by atoms with van der Waals surface area (Å²) in [7, 11) is 0. The van der Waals surface area contributed by atoms with Crippen molar-refractivity contribution in [1.82, 2.24) is 15.5 Å². The van der Waals surface area contributed by atoms with E-state index in [1.54, 1.807) is 24.3 Å². The molecule has 1 aromatic carbocycles. The van der Waals surface area contributed by atoms with Crippen molar-refractivity contribution >= 4 is 22.6 Å². The van der Waals surface area contributed by atoms with E-state index in [9.17, 15) is 14.4 Å². The van der Waals surface area contributed by atoms with Crippen LogP contribution in [-0.2, 0) is 14.3 Å². The van der Waals surface area contributed by atoms with Crippen molar-refractivity contribution in [2.24, 2.45) is 0 Å². The average Bonchev–Trinajstić information content (AvgIpc) is 3.12. The molecule has 0 unspecified atom stereocenters. The molecule has 1 atom stereocenters. The second-order valence-electron chi connectivity index (χ2n) is 5.46. The van der Waals surface area contributed by atoms with Crippen molar-refractivity contribution in [2.75, 3.05) is 19.8 Å². The maximum absolute atomic E-state index is 12.1. The van der Waals surface area contributed by atoms with Crippen LogP contribution in [0.15, 0.2) is 29.1 Å².